The highest BCUT2D eigenvalue weighted by Crippen LogP contribution is 2.25. The van der Waals surface area contributed by atoms with Gasteiger partial charge in [-0.25, -0.2) is 0 Å². The average Bonchev–Trinajstić information content (AvgIpc) is 2.53. The Morgan fingerprint density at radius 3 is 2.30 bits per heavy atom. The first-order valence-electron chi connectivity index (χ1n) is 7.29. The average molecular weight is 269 g/mol. The summed E-state index contributed by atoms with van der Waals surface area (Å²) in [6.07, 6.45) is 3.59. The van der Waals surface area contributed by atoms with Gasteiger partial charge in [0.1, 0.15) is 5.75 Å². The third-order valence-electron chi connectivity index (χ3n) is 3.48. The van der Waals surface area contributed by atoms with Crippen LogP contribution in [0.5, 0.6) is 5.75 Å². The third-order valence-corrected chi connectivity index (χ3v) is 3.48. The Balaban J connectivity index is 2.10. The summed E-state index contributed by atoms with van der Waals surface area (Å²) in [5, 5.41) is 3.63. The minimum atomic E-state index is 0.365. The summed E-state index contributed by atoms with van der Waals surface area (Å²) in [6.45, 7) is 2.23. The van der Waals surface area contributed by atoms with Gasteiger partial charge in [0.05, 0.1) is 13.2 Å². The molecule has 0 saturated heterocycles. The van der Waals surface area contributed by atoms with Gasteiger partial charge in [-0.1, -0.05) is 50.1 Å². The smallest absolute Gasteiger partial charge is 0.119 e. The summed E-state index contributed by atoms with van der Waals surface area (Å²) >= 11 is 0. The van der Waals surface area contributed by atoms with Crippen LogP contribution in [0.2, 0.25) is 0 Å². The van der Waals surface area contributed by atoms with Crippen LogP contribution in [0.25, 0.3) is 0 Å². The van der Waals surface area contributed by atoms with Crippen LogP contribution in [0.4, 0.5) is 5.69 Å². The first-order chi connectivity index (χ1) is 9.83. The lowest BCUT2D eigenvalue weighted by Crippen LogP contribution is -2.10. The van der Waals surface area contributed by atoms with Gasteiger partial charge in [0, 0.05) is 5.69 Å². The van der Waals surface area contributed by atoms with Gasteiger partial charge in [0.2, 0.25) is 0 Å². The monoisotopic (exact) mass is 269 g/mol. The maximum absolute atomic E-state index is 5.20. The van der Waals surface area contributed by atoms with Crippen LogP contribution in [0.15, 0.2) is 54.6 Å². The standard InChI is InChI=1S/C18H23NO/c1-3-4-10-18(15-8-6-5-7-9-15)19-16-11-13-17(20-2)14-12-16/h5-9,11-14,18-19H,3-4,10H2,1-2H3. The number of nitrogens with one attached hydrogen (secondary N) is 1. The highest BCUT2D eigenvalue weighted by atomic mass is 16.5. The molecule has 20 heavy (non-hydrogen) atoms. The van der Waals surface area contributed by atoms with Crippen molar-refractivity contribution in [3.8, 4) is 5.75 Å². The largest absolute Gasteiger partial charge is 0.497 e. The maximum atomic E-state index is 5.20. The van der Waals surface area contributed by atoms with Crippen LogP contribution >= 0.6 is 0 Å². The Morgan fingerprint density at radius 2 is 1.70 bits per heavy atom. The van der Waals surface area contributed by atoms with E-state index in [1.807, 2.05) is 12.1 Å². The summed E-state index contributed by atoms with van der Waals surface area (Å²) in [6, 6.07) is 19.1. The summed E-state index contributed by atoms with van der Waals surface area (Å²) in [7, 11) is 1.69. The van der Waals surface area contributed by atoms with Crippen molar-refractivity contribution in [2.75, 3.05) is 12.4 Å². The Hall–Kier alpha value is -1.96. The zero-order valence-corrected chi connectivity index (χ0v) is 12.3. The third kappa shape index (κ3) is 4.02. The Labute approximate surface area is 121 Å². The van der Waals surface area contributed by atoms with Crippen molar-refractivity contribution in [1.82, 2.24) is 0 Å². The number of rotatable bonds is 7. The van der Waals surface area contributed by atoms with Crippen molar-refractivity contribution >= 4 is 5.69 Å². The predicted octanol–water partition coefficient (Wildman–Crippen LogP) is 5.04. The molecule has 0 heterocycles. The topological polar surface area (TPSA) is 21.3 Å². The van der Waals surface area contributed by atoms with Crippen LogP contribution in [-0.2, 0) is 0 Å². The van der Waals surface area contributed by atoms with Crippen LogP contribution < -0.4 is 10.1 Å². The summed E-state index contributed by atoms with van der Waals surface area (Å²) in [5.41, 5.74) is 2.48. The lowest BCUT2D eigenvalue weighted by Gasteiger charge is -2.20. The van der Waals surface area contributed by atoms with Gasteiger partial charge >= 0.3 is 0 Å². The van der Waals surface area contributed by atoms with E-state index in [1.165, 1.54) is 18.4 Å². The molecule has 2 heteroatoms. The molecule has 2 nitrogen and oxygen atoms in total. The molecule has 2 aromatic carbocycles. The predicted molar refractivity (Wildman–Crippen MR) is 85.3 cm³/mol. The number of methoxy groups -OCH3 is 1. The second-order valence-electron chi connectivity index (χ2n) is 4.98. The van der Waals surface area contributed by atoms with Gasteiger partial charge in [-0.2, -0.15) is 0 Å². The normalized spacial score (nSPS) is 11.9. The van der Waals surface area contributed by atoms with E-state index in [0.29, 0.717) is 6.04 Å². The van der Waals surface area contributed by atoms with Crippen molar-refractivity contribution in [1.29, 1.82) is 0 Å². The molecule has 106 valence electrons. The molecular weight excluding hydrogens is 246 g/mol. The minimum Gasteiger partial charge on any atom is -0.497 e. The first-order valence-corrected chi connectivity index (χ1v) is 7.29. The molecule has 0 spiro atoms. The first kappa shape index (κ1) is 14.4. The fourth-order valence-corrected chi connectivity index (χ4v) is 2.30. The number of benzene rings is 2. The molecule has 2 aromatic rings. The van der Waals surface area contributed by atoms with Gasteiger partial charge in [-0.05, 0) is 36.2 Å². The number of unbranched alkanes of at least 4 members (excludes halogenated alkanes) is 1. The summed E-state index contributed by atoms with van der Waals surface area (Å²) in [4.78, 5) is 0. The second kappa shape index (κ2) is 7.59. The molecular formula is C18H23NO. The van der Waals surface area contributed by atoms with E-state index in [2.05, 4.69) is 54.7 Å². The zero-order chi connectivity index (χ0) is 14.2. The molecule has 0 radical (unpaired) electrons. The van der Waals surface area contributed by atoms with Crippen LogP contribution in [0.3, 0.4) is 0 Å². The lowest BCUT2D eigenvalue weighted by atomic mass is 10.0. The fourth-order valence-electron chi connectivity index (χ4n) is 2.30. The lowest BCUT2D eigenvalue weighted by molar-refractivity contribution is 0.415. The number of anilines is 1. The minimum absolute atomic E-state index is 0.365. The van der Waals surface area contributed by atoms with E-state index in [0.717, 1.165) is 17.9 Å². The highest BCUT2D eigenvalue weighted by Gasteiger charge is 2.10. The molecule has 0 aliphatic carbocycles. The molecule has 0 saturated carbocycles. The van der Waals surface area contributed by atoms with E-state index < -0.39 is 0 Å². The van der Waals surface area contributed by atoms with Gasteiger partial charge in [-0.3, -0.25) is 0 Å². The van der Waals surface area contributed by atoms with E-state index in [9.17, 15) is 0 Å². The molecule has 0 aromatic heterocycles. The van der Waals surface area contributed by atoms with Crippen molar-refractivity contribution < 1.29 is 4.74 Å². The quantitative estimate of drug-likeness (QED) is 0.760. The molecule has 0 amide bonds. The zero-order valence-electron chi connectivity index (χ0n) is 12.3. The molecule has 0 bridgehead atoms. The van der Waals surface area contributed by atoms with Crippen molar-refractivity contribution in [3.63, 3.8) is 0 Å². The van der Waals surface area contributed by atoms with Crippen molar-refractivity contribution in [3.05, 3.63) is 60.2 Å². The summed E-state index contributed by atoms with van der Waals surface area (Å²) < 4.78 is 5.20. The van der Waals surface area contributed by atoms with Gasteiger partial charge in [0.25, 0.3) is 0 Å². The molecule has 0 aliphatic heterocycles. The van der Waals surface area contributed by atoms with Crippen LogP contribution in [0.1, 0.15) is 37.8 Å². The maximum Gasteiger partial charge on any atom is 0.119 e. The Kier molecular flexibility index (Phi) is 5.48. The van der Waals surface area contributed by atoms with Gasteiger partial charge in [0.15, 0.2) is 0 Å². The number of hydrogen-bond donors (Lipinski definition) is 1. The molecule has 1 N–H and O–H groups in total. The molecule has 0 aliphatic rings. The van der Waals surface area contributed by atoms with Crippen LogP contribution in [-0.4, -0.2) is 7.11 Å². The van der Waals surface area contributed by atoms with Gasteiger partial charge in [-0.15, -0.1) is 0 Å². The van der Waals surface area contributed by atoms with E-state index in [1.54, 1.807) is 7.11 Å². The van der Waals surface area contributed by atoms with Crippen molar-refractivity contribution in [2.45, 2.75) is 32.2 Å². The Bertz CT molecular complexity index is 493. The van der Waals surface area contributed by atoms with Gasteiger partial charge < -0.3 is 10.1 Å². The van der Waals surface area contributed by atoms with Crippen molar-refractivity contribution in [2.24, 2.45) is 0 Å². The second-order valence-corrected chi connectivity index (χ2v) is 4.98. The van der Waals surface area contributed by atoms with E-state index in [4.69, 9.17) is 4.74 Å². The van der Waals surface area contributed by atoms with E-state index >= 15 is 0 Å². The highest BCUT2D eigenvalue weighted by molar-refractivity contribution is 5.48. The van der Waals surface area contributed by atoms with Crippen LogP contribution in [0, 0.1) is 0 Å². The molecule has 0 fully saturated rings. The van der Waals surface area contributed by atoms with E-state index in [-0.39, 0.29) is 0 Å². The molecule has 1 atom stereocenters. The number of hydrogen-bond acceptors (Lipinski definition) is 2. The SMILES string of the molecule is CCCCC(Nc1ccc(OC)cc1)c1ccccc1. The Morgan fingerprint density at radius 1 is 1.00 bits per heavy atom. The number of ether oxygens (including phenoxy) is 1. The fraction of sp³-hybridized carbons (Fsp3) is 0.333. The molecule has 2 rings (SSSR count). The molecule has 1 unspecified atom stereocenters. The summed E-state index contributed by atoms with van der Waals surface area (Å²) in [5.74, 6) is 0.889.